The molecule has 2 aliphatic rings. The summed E-state index contributed by atoms with van der Waals surface area (Å²) in [6.45, 7) is 5.14. The van der Waals surface area contributed by atoms with Crippen molar-refractivity contribution in [3.63, 3.8) is 0 Å². The number of nitrogens with one attached hydrogen (secondary N) is 1. The first-order valence-corrected chi connectivity index (χ1v) is 6.94. The molecule has 2 rings (SSSR count). The summed E-state index contributed by atoms with van der Waals surface area (Å²) >= 11 is 0. The molecule has 0 bridgehead atoms. The predicted octanol–water partition coefficient (Wildman–Crippen LogP) is 1.03. The third kappa shape index (κ3) is 2.99. The van der Waals surface area contributed by atoms with Crippen LogP contribution in [0.5, 0.6) is 0 Å². The van der Waals surface area contributed by atoms with Gasteiger partial charge in [-0.3, -0.25) is 10.1 Å². The molecule has 0 radical (unpaired) electrons. The molecule has 2 aliphatic heterocycles. The fourth-order valence-corrected chi connectivity index (χ4v) is 2.91. The maximum atomic E-state index is 12.3. The van der Waals surface area contributed by atoms with Gasteiger partial charge in [0.1, 0.15) is 0 Å². The van der Waals surface area contributed by atoms with Crippen LogP contribution in [0.4, 0.5) is 0 Å². The van der Waals surface area contributed by atoms with Crippen LogP contribution in [0.15, 0.2) is 0 Å². The minimum absolute atomic E-state index is 0.0854. The number of piperidine rings is 1. The molecule has 1 amide bonds. The number of likely N-dealkylation sites (tertiary alicyclic amines) is 1. The first-order valence-electron chi connectivity index (χ1n) is 6.94. The summed E-state index contributed by atoms with van der Waals surface area (Å²) in [5, 5.41) is 3.36. The number of amides is 1. The van der Waals surface area contributed by atoms with E-state index in [-0.39, 0.29) is 6.04 Å². The molecule has 0 saturated carbocycles. The molecule has 2 unspecified atom stereocenters. The lowest BCUT2D eigenvalue weighted by molar-refractivity contribution is -0.131. The van der Waals surface area contributed by atoms with E-state index in [0.717, 1.165) is 38.9 Å². The zero-order valence-corrected chi connectivity index (χ0v) is 11.1. The Morgan fingerprint density at radius 1 is 1.47 bits per heavy atom. The highest BCUT2D eigenvalue weighted by molar-refractivity contribution is 5.84. The van der Waals surface area contributed by atoms with Crippen LogP contribution < -0.4 is 5.32 Å². The largest absolute Gasteiger partial charge is 0.324 e. The Hall–Kier alpha value is -0.610. The van der Waals surface area contributed by atoms with Gasteiger partial charge in [-0.1, -0.05) is 19.8 Å². The lowest BCUT2D eigenvalue weighted by Crippen LogP contribution is -2.48. The van der Waals surface area contributed by atoms with Gasteiger partial charge in [-0.15, -0.1) is 0 Å². The monoisotopic (exact) mass is 239 g/mol. The first kappa shape index (κ1) is 12.8. The number of nitrogens with zero attached hydrogens (tertiary/aromatic N) is 2. The van der Waals surface area contributed by atoms with E-state index in [9.17, 15) is 4.79 Å². The van der Waals surface area contributed by atoms with E-state index >= 15 is 0 Å². The highest BCUT2D eigenvalue weighted by Crippen LogP contribution is 2.19. The fraction of sp³-hybridized carbons (Fsp3) is 0.923. The van der Waals surface area contributed by atoms with Crippen molar-refractivity contribution in [3.8, 4) is 0 Å². The van der Waals surface area contributed by atoms with Gasteiger partial charge in [0.2, 0.25) is 5.91 Å². The summed E-state index contributed by atoms with van der Waals surface area (Å²) in [5.41, 5.74) is 0. The van der Waals surface area contributed by atoms with Crippen molar-refractivity contribution in [3.05, 3.63) is 0 Å². The third-order valence-corrected chi connectivity index (χ3v) is 3.98. The van der Waals surface area contributed by atoms with E-state index in [4.69, 9.17) is 0 Å². The number of rotatable bonds is 4. The highest BCUT2D eigenvalue weighted by atomic mass is 16.2. The average molecular weight is 239 g/mol. The van der Waals surface area contributed by atoms with Crippen LogP contribution in [0, 0.1) is 0 Å². The molecule has 0 aromatic rings. The van der Waals surface area contributed by atoms with E-state index < -0.39 is 0 Å². The van der Waals surface area contributed by atoms with E-state index in [1.54, 1.807) is 0 Å². The molecule has 2 heterocycles. The van der Waals surface area contributed by atoms with E-state index in [0.29, 0.717) is 11.9 Å². The van der Waals surface area contributed by atoms with E-state index in [1.807, 2.05) is 0 Å². The van der Waals surface area contributed by atoms with Crippen LogP contribution in [-0.4, -0.2) is 54.6 Å². The number of likely N-dealkylation sites (N-methyl/N-ethyl adjacent to an activating group) is 1. The van der Waals surface area contributed by atoms with Gasteiger partial charge in [0.15, 0.2) is 0 Å². The summed E-state index contributed by atoms with van der Waals surface area (Å²) < 4.78 is 0. The van der Waals surface area contributed by atoms with Crippen molar-refractivity contribution >= 4 is 5.91 Å². The van der Waals surface area contributed by atoms with Gasteiger partial charge >= 0.3 is 0 Å². The van der Waals surface area contributed by atoms with Crippen LogP contribution in [0.25, 0.3) is 0 Å². The molecule has 2 fully saturated rings. The van der Waals surface area contributed by atoms with E-state index in [1.165, 1.54) is 13.0 Å². The Kier molecular flexibility index (Phi) is 4.40. The molecule has 4 heteroatoms. The lowest BCUT2D eigenvalue weighted by Gasteiger charge is -2.35. The van der Waals surface area contributed by atoms with Crippen LogP contribution >= 0.6 is 0 Å². The van der Waals surface area contributed by atoms with Crippen LogP contribution in [0.3, 0.4) is 0 Å². The molecular weight excluding hydrogens is 214 g/mol. The molecule has 2 saturated heterocycles. The van der Waals surface area contributed by atoms with Crippen LogP contribution in [-0.2, 0) is 4.79 Å². The van der Waals surface area contributed by atoms with Gasteiger partial charge < -0.3 is 9.80 Å². The molecule has 0 aromatic carbocycles. The van der Waals surface area contributed by atoms with Crippen molar-refractivity contribution in [1.29, 1.82) is 0 Å². The molecule has 4 nitrogen and oxygen atoms in total. The quantitative estimate of drug-likeness (QED) is 0.796. The molecular formula is C13H25N3O. The first-order chi connectivity index (χ1) is 8.22. The van der Waals surface area contributed by atoms with Gasteiger partial charge in [0.25, 0.3) is 0 Å². The maximum Gasteiger partial charge on any atom is 0.241 e. The topological polar surface area (TPSA) is 35.6 Å². The second-order valence-corrected chi connectivity index (χ2v) is 5.42. The number of carbonyl (C=O) groups is 1. The second-order valence-electron chi connectivity index (χ2n) is 5.42. The Bertz CT molecular complexity index is 269. The summed E-state index contributed by atoms with van der Waals surface area (Å²) in [5.74, 6) is 0.332. The Labute approximate surface area is 104 Å². The molecule has 0 spiro atoms. The van der Waals surface area contributed by atoms with Crippen molar-refractivity contribution in [2.75, 3.05) is 26.8 Å². The summed E-state index contributed by atoms with van der Waals surface area (Å²) in [7, 11) is 2.15. The predicted molar refractivity (Wildman–Crippen MR) is 68.7 cm³/mol. The number of unbranched alkanes of at least 4 members (excludes halogenated alkanes) is 1. The molecule has 0 aromatic heterocycles. The normalized spacial score (nSPS) is 31.2. The summed E-state index contributed by atoms with van der Waals surface area (Å²) in [6.07, 6.45) is 5.68. The van der Waals surface area contributed by atoms with Gasteiger partial charge in [0, 0.05) is 12.6 Å². The van der Waals surface area contributed by atoms with Crippen molar-refractivity contribution in [2.24, 2.45) is 0 Å². The SMILES string of the molecule is CCCCC1NCN(C2CCCN(C)C2)C1=O. The van der Waals surface area contributed by atoms with Crippen molar-refractivity contribution in [1.82, 2.24) is 15.1 Å². The minimum atomic E-state index is 0.0854. The number of hydrogen-bond acceptors (Lipinski definition) is 3. The molecule has 98 valence electrons. The fourth-order valence-electron chi connectivity index (χ4n) is 2.91. The van der Waals surface area contributed by atoms with Gasteiger partial charge in [-0.2, -0.15) is 0 Å². The van der Waals surface area contributed by atoms with Crippen molar-refractivity contribution in [2.45, 2.75) is 51.1 Å². The van der Waals surface area contributed by atoms with Gasteiger partial charge in [-0.25, -0.2) is 0 Å². The third-order valence-electron chi connectivity index (χ3n) is 3.98. The van der Waals surface area contributed by atoms with Crippen LogP contribution in [0.1, 0.15) is 39.0 Å². The number of carbonyl (C=O) groups excluding carboxylic acids is 1. The summed E-state index contributed by atoms with van der Waals surface area (Å²) in [4.78, 5) is 16.7. The van der Waals surface area contributed by atoms with Gasteiger partial charge in [-0.05, 0) is 32.9 Å². The zero-order chi connectivity index (χ0) is 12.3. The molecule has 17 heavy (non-hydrogen) atoms. The Morgan fingerprint density at radius 2 is 2.29 bits per heavy atom. The smallest absolute Gasteiger partial charge is 0.241 e. The average Bonchev–Trinajstić information content (AvgIpc) is 2.68. The standard InChI is InChI=1S/C13H25N3O/c1-3-4-7-12-13(17)16(10-14-12)11-6-5-8-15(2)9-11/h11-12,14H,3-10H2,1-2H3. The maximum absolute atomic E-state index is 12.3. The lowest BCUT2D eigenvalue weighted by atomic mass is 10.0. The zero-order valence-electron chi connectivity index (χ0n) is 11.1. The summed E-state index contributed by atoms with van der Waals surface area (Å²) in [6, 6.07) is 0.516. The number of hydrogen-bond donors (Lipinski definition) is 1. The van der Waals surface area contributed by atoms with Crippen molar-refractivity contribution < 1.29 is 4.79 Å². The highest BCUT2D eigenvalue weighted by Gasteiger charge is 2.36. The Morgan fingerprint density at radius 3 is 3.00 bits per heavy atom. The Balaban J connectivity index is 1.88. The minimum Gasteiger partial charge on any atom is -0.324 e. The molecule has 0 aliphatic carbocycles. The second kappa shape index (κ2) is 5.83. The van der Waals surface area contributed by atoms with Crippen LogP contribution in [0.2, 0.25) is 0 Å². The molecule has 1 N–H and O–H groups in total. The van der Waals surface area contributed by atoms with E-state index in [2.05, 4.69) is 29.1 Å². The van der Waals surface area contributed by atoms with Gasteiger partial charge in [0.05, 0.1) is 12.7 Å². The molecule has 2 atom stereocenters.